The number of allylic oxidation sites excluding steroid dienone is 3. The average molecular weight is 243 g/mol. The number of aliphatic carboxylic acids is 1. The molecule has 0 bridgehead atoms. The summed E-state index contributed by atoms with van der Waals surface area (Å²) in [5, 5.41) is 12.3. The smallest absolute Gasteiger partial charge is 0.337 e. The van der Waals surface area contributed by atoms with Crippen molar-refractivity contribution in [2.45, 2.75) is 0 Å². The molecular formula is C13H9NO2S. The molecular weight excluding hydrogens is 234 g/mol. The van der Waals surface area contributed by atoms with E-state index >= 15 is 0 Å². The Labute approximate surface area is 102 Å². The minimum Gasteiger partial charge on any atom is -0.478 e. The summed E-state index contributed by atoms with van der Waals surface area (Å²) in [7, 11) is 0. The molecule has 3 heterocycles. The first kappa shape index (κ1) is 10.1. The molecule has 0 aromatic carbocycles. The SMILES string of the molecule is O=C(O)C1=CC=CN2C=CC=c3ccsc3=C12. The average Bonchev–Trinajstić information content (AvgIpc) is 2.70. The number of hydrogen-bond acceptors (Lipinski definition) is 3. The third-order valence-corrected chi connectivity index (χ3v) is 3.62. The maximum absolute atomic E-state index is 11.3. The maximum Gasteiger partial charge on any atom is 0.337 e. The molecule has 0 aliphatic carbocycles. The van der Waals surface area contributed by atoms with Crippen LogP contribution >= 0.6 is 11.3 Å². The van der Waals surface area contributed by atoms with E-state index < -0.39 is 5.97 Å². The molecule has 3 rings (SSSR count). The number of fused-ring (bicyclic) bond motifs is 2. The molecule has 84 valence electrons. The fraction of sp³-hybridized carbons (Fsp3) is 0. The Balaban J connectivity index is 2.40. The second-order valence-electron chi connectivity index (χ2n) is 3.70. The fourth-order valence-corrected chi connectivity index (χ4v) is 2.89. The summed E-state index contributed by atoms with van der Waals surface area (Å²) >= 11 is 1.56. The lowest BCUT2D eigenvalue weighted by Gasteiger charge is -2.21. The van der Waals surface area contributed by atoms with Crippen LogP contribution in [0.2, 0.25) is 0 Å². The van der Waals surface area contributed by atoms with E-state index in [-0.39, 0.29) is 0 Å². The van der Waals surface area contributed by atoms with Gasteiger partial charge in [-0.2, -0.15) is 0 Å². The molecule has 4 heteroatoms. The zero-order valence-electron chi connectivity index (χ0n) is 8.83. The molecule has 0 saturated heterocycles. The molecule has 2 aliphatic heterocycles. The highest BCUT2D eigenvalue weighted by Crippen LogP contribution is 2.22. The van der Waals surface area contributed by atoms with Crippen molar-refractivity contribution in [1.82, 2.24) is 4.90 Å². The molecule has 0 amide bonds. The molecule has 0 spiro atoms. The molecule has 2 aliphatic rings. The second-order valence-corrected chi connectivity index (χ2v) is 4.61. The summed E-state index contributed by atoms with van der Waals surface area (Å²) in [5.41, 5.74) is 1.08. The van der Waals surface area contributed by atoms with E-state index in [0.29, 0.717) is 5.57 Å². The normalized spacial score (nSPS) is 16.8. The molecule has 1 aromatic rings. The van der Waals surface area contributed by atoms with E-state index in [1.165, 1.54) is 0 Å². The number of hydrogen-bond donors (Lipinski definition) is 1. The van der Waals surface area contributed by atoms with E-state index in [1.54, 1.807) is 23.5 Å². The highest BCUT2D eigenvalue weighted by atomic mass is 32.1. The number of carboxylic acid groups (broad SMARTS) is 1. The highest BCUT2D eigenvalue weighted by Gasteiger charge is 2.21. The monoisotopic (exact) mass is 243 g/mol. The zero-order valence-corrected chi connectivity index (χ0v) is 9.65. The van der Waals surface area contributed by atoms with Gasteiger partial charge < -0.3 is 10.0 Å². The topological polar surface area (TPSA) is 40.5 Å². The van der Waals surface area contributed by atoms with Crippen LogP contribution in [-0.4, -0.2) is 16.0 Å². The van der Waals surface area contributed by atoms with Gasteiger partial charge in [-0.1, -0.05) is 6.08 Å². The van der Waals surface area contributed by atoms with Crippen molar-refractivity contribution >= 4 is 29.1 Å². The Morgan fingerprint density at radius 3 is 2.76 bits per heavy atom. The highest BCUT2D eigenvalue weighted by molar-refractivity contribution is 7.07. The van der Waals surface area contributed by atoms with Crippen molar-refractivity contribution in [1.29, 1.82) is 0 Å². The summed E-state index contributed by atoms with van der Waals surface area (Å²) < 4.78 is 0.994. The van der Waals surface area contributed by atoms with Gasteiger partial charge >= 0.3 is 5.97 Å². The van der Waals surface area contributed by atoms with E-state index in [9.17, 15) is 9.90 Å². The fourth-order valence-electron chi connectivity index (χ4n) is 1.94. The van der Waals surface area contributed by atoms with Gasteiger partial charge in [0.1, 0.15) is 0 Å². The van der Waals surface area contributed by atoms with E-state index in [1.807, 2.05) is 40.9 Å². The van der Waals surface area contributed by atoms with Gasteiger partial charge in [0.05, 0.1) is 15.8 Å². The Morgan fingerprint density at radius 2 is 2.00 bits per heavy atom. The molecule has 17 heavy (non-hydrogen) atoms. The van der Waals surface area contributed by atoms with Crippen molar-refractivity contribution in [2.75, 3.05) is 0 Å². The van der Waals surface area contributed by atoms with Crippen LogP contribution < -0.4 is 9.75 Å². The number of thiophene rings is 1. The van der Waals surface area contributed by atoms with Crippen LogP contribution in [0, 0.1) is 0 Å². The molecule has 0 unspecified atom stereocenters. The van der Waals surface area contributed by atoms with Crippen LogP contribution in [0.1, 0.15) is 0 Å². The van der Waals surface area contributed by atoms with E-state index in [0.717, 1.165) is 15.4 Å². The molecule has 0 fully saturated rings. The predicted molar refractivity (Wildman–Crippen MR) is 67.3 cm³/mol. The first-order valence-corrected chi connectivity index (χ1v) is 6.02. The standard InChI is InChI=1S/C13H9NO2S/c15-13(16)10-4-2-7-14-6-1-3-9-5-8-17-12(9)11(10)14/h1-8H,(H,15,16). The quantitative estimate of drug-likeness (QED) is 0.800. The van der Waals surface area contributed by atoms with Crippen LogP contribution in [0.3, 0.4) is 0 Å². The molecule has 1 N–H and O–H groups in total. The third-order valence-electron chi connectivity index (χ3n) is 2.69. The van der Waals surface area contributed by atoms with Gasteiger partial charge in [0.25, 0.3) is 0 Å². The number of carbonyl (C=O) groups is 1. The van der Waals surface area contributed by atoms with Gasteiger partial charge in [0, 0.05) is 12.4 Å². The molecule has 3 nitrogen and oxygen atoms in total. The number of rotatable bonds is 1. The Hall–Kier alpha value is -2.07. The molecule has 1 aromatic heterocycles. The summed E-state index contributed by atoms with van der Waals surface area (Å²) in [6, 6.07) is 2.00. The first-order chi connectivity index (χ1) is 8.27. The van der Waals surface area contributed by atoms with Crippen LogP contribution in [0.25, 0.3) is 11.8 Å². The lowest BCUT2D eigenvalue weighted by molar-refractivity contribution is -0.132. The van der Waals surface area contributed by atoms with Crippen molar-refractivity contribution in [2.24, 2.45) is 0 Å². The van der Waals surface area contributed by atoms with Crippen molar-refractivity contribution < 1.29 is 9.90 Å². The van der Waals surface area contributed by atoms with Crippen molar-refractivity contribution in [3.8, 4) is 0 Å². The number of carboxylic acids is 1. The lowest BCUT2D eigenvalue weighted by atomic mass is 10.1. The Morgan fingerprint density at radius 1 is 1.24 bits per heavy atom. The summed E-state index contributed by atoms with van der Waals surface area (Å²) in [4.78, 5) is 13.1. The van der Waals surface area contributed by atoms with E-state index in [2.05, 4.69) is 0 Å². The van der Waals surface area contributed by atoms with Crippen LogP contribution in [0.4, 0.5) is 0 Å². The summed E-state index contributed by atoms with van der Waals surface area (Å²) in [6.45, 7) is 0. The Bertz CT molecular complexity index is 691. The minimum atomic E-state index is -0.899. The molecule has 0 radical (unpaired) electrons. The lowest BCUT2D eigenvalue weighted by Crippen LogP contribution is -2.29. The molecule has 0 saturated carbocycles. The van der Waals surface area contributed by atoms with Gasteiger partial charge in [-0.3, -0.25) is 0 Å². The van der Waals surface area contributed by atoms with Crippen molar-refractivity contribution in [3.05, 3.63) is 57.4 Å². The van der Waals surface area contributed by atoms with Gasteiger partial charge in [-0.25, -0.2) is 4.79 Å². The summed E-state index contributed by atoms with van der Waals surface area (Å²) in [5.74, 6) is -0.899. The van der Waals surface area contributed by atoms with Gasteiger partial charge in [0.2, 0.25) is 0 Å². The van der Waals surface area contributed by atoms with Crippen LogP contribution in [-0.2, 0) is 4.79 Å². The van der Waals surface area contributed by atoms with Crippen LogP contribution in [0.15, 0.2) is 47.6 Å². The first-order valence-electron chi connectivity index (χ1n) is 5.14. The Kier molecular flexibility index (Phi) is 2.23. The third kappa shape index (κ3) is 1.54. The van der Waals surface area contributed by atoms with Gasteiger partial charge in [-0.15, -0.1) is 11.3 Å². The van der Waals surface area contributed by atoms with Gasteiger partial charge in [-0.05, 0) is 34.9 Å². The van der Waals surface area contributed by atoms with E-state index in [4.69, 9.17) is 0 Å². The largest absolute Gasteiger partial charge is 0.478 e. The van der Waals surface area contributed by atoms with Gasteiger partial charge in [0.15, 0.2) is 0 Å². The zero-order chi connectivity index (χ0) is 11.8. The predicted octanol–water partition coefficient (Wildman–Crippen LogP) is 1.00. The minimum absolute atomic E-state index is 0.330. The second kappa shape index (κ2) is 3.75. The summed E-state index contributed by atoms with van der Waals surface area (Å²) in [6.07, 6.45) is 11.0. The van der Waals surface area contributed by atoms with Crippen molar-refractivity contribution in [3.63, 3.8) is 0 Å². The number of nitrogens with zero attached hydrogens (tertiary/aromatic N) is 1. The van der Waals surface area contributed by atoms with Crippen LogP contribution in [0.5, 0.6) is 0 Å². The maximum atomic E-state index is 11.3. The molecule has 0 atom stereocenters.